The molecule has 0 amide bonds. The molecule has 0 saturated heterocycles. The Kier molecular flexibility index (Phi) is 6.24. The van der Waals surface area contributed by atoms with Gasteiger partial charge in [-0.1, -0.05) is 20.3 Å². The van der Waals surface area contributed by atoms with E-state index in [1.807, 2.05) is 18.2 Å². The van der Waals surface area contributed by atoms with Crippen molar-refractivity contribution in [3.05, 3.63) is 44.8 Å². The molecule has 0 aliphatic carbocycles. The Bertz CT molecular complexity index is 1030. The Morgan fingerprint density at radius 1 is 1.25 bits per heavy atom. The van der Waals surface area contributed by atoms with Gasteiger partial charge >= 0.3 is 0 Å². The molecule has 2 aromatic heterocycles. The van der Waals surface area contributed by atoms with Gasteiger partial charge in [-0.3, -0.25) is 4.79 Å². The number of rotatable bonds is 8. The molecule has 0 radical (unpaired) electrons. The van der Waals surface area contributed by atoms with Crippen LogP contribution in [0.25, 0.3) is 10.2 Å². The number of aromatic amines is 1. The van der Waals surface area contributed by atoms with Crippen molar-refractivity contribution in [1.29, 1.82) is 0 Å². The van der Waals surface area contributed by atoms with Crippen LogP contribution in [0.5, 0.6) is 11.5 Å². The monoisotopic (exact) mass is 401 g/mol. The Labute approximate surface area is 168 Å². The van der Waals surface area contributed by atoms with Gasteiger partial charge in [0.25, 0.3) is 5.56 Å². The van der Waals surface area contributed by atoms with Gasteiger partial charge in [0.05, 0.1) is 26.2 Å². The number of hydrogen-bond donors (Lipinski definition) is 2. The Balaban J connectivity index is 1.84. The molecular formula is C21H27N3O3S. The number of anilines is 1. The highest BCUT2D eigenvalue weighted by atomic mass is 32.1. The van der Waals surface area contributed by atoms with Gasteiger partial charge in [-0.2, -0.15) is 0 Å². The van der Waals surface area contributed by atoms with Crippen LogP contribution in [0.3, 0.4) is 0 Å². The average molecular weight is 402 g/mol. The zero-order valence-electron chi connectivity index (χ0n) is 17.0. The third kappa shape index (κ3) is 4.14. The molecule has 0 aliphatic heterocycles. The zero-order chi connectivity index (χ0) is 20.3. The molecule has 0 aliphatic rings. The number of benzene rings is 1. The van der Waals surface area contributed by atoms with Crippen LogP contribution in [-0.4, -0.2) is 24.2 Å². The molecule has 6 nitrogen and oxygen atoms in total. The smallest absolute Gasteiger partial charge is 0.259 e. The minimum atomic E-state index is -0.0586. The van der Waals surface area contributed by atoms with Crippen LogP contribution >= 0.6 is 11.3 Å². The first-order valence-corrected chi connectivity index (χ1v) is 10.3. The van der Waals surface area contributed by atoms with Crippen molar-refractivity contribution in [2.75, 3.05) is 19.5 Å². The van der Waals surface area contributed by atoms with Crippen LogP contribution in [0.4, 0.5) is 5.69 Å². The van der Waals surface area contributed by atoms with Gasteiger partial charge in [-0.05, 0) is 37.0 Å². The van der Waals surface area contributed by atoms with Crippen molar-refractivity contribution in [2.45, 2.75) is 40.2 Å². The van der Waals surface area contributed by atoms with Gasteiger partial charge in [0.15, 0.2) is 11.5 Å². The molecule has 1 atom stereocenters. The third-order valence-electron chi connectivity index (χ3n) is 5.00. The molecule has 0 bridgehead atoms. The Morgan fingerprint density at radius 3 is 2.68 bits per heavy atom. The fourth-order valence-electron chi connectivity index (χ4n) is 3.17. The van der Waals surface area contributed by atoms with Gasteiger partial charge in [0.1, 0.15) is 10.7 Å². The highest BCUT2D eigenvalue weighted by molar-refractivity contribution is 7.18. The van der Waals surface area contributed by atoms with Crippen molar-refractivity contribution >= 4 is 27.2 Å². The molecule has 0 unspecified atom stereocenters. The molecule has 3 aromatic rings. The molecular weight excluding hydrogens is 374 g/mol. The van der Waals surface area contributed by atoms with E-state index in [9.17, 15) is 4.79 Å². The van der Waals surface area contributed by atoms with E-state index in [1.54, 1.807) is 25.6 Å². The molecule has 2 N–H and O–H groups in total. The fourth-order valence-corrected chi connectivity index (χ4v) is 4.25. The van der Waals surface area contributed by atoms with Gasteiger partial charge in [-0.25, -0.2) is 4.98 Å². The number of aromatic nitrogens is 2. The SMILES string of the molecule is CC[C@H](C)Cc1c(C)sc2nc(CNc3ccc(OC)c(OC)c3)[nH]c(=O)c12. The normalized spacial score (nSPS) is 12.2. The molecule has 150 valence electrons. The second-order valence-electron chi connectivity index (χ2n) is 6.97. The van der Waals surface area contributed by atoms with E-state index < -0.39 is 0 Å². The number of methoxy groups -OCH3 is 2. The Morgan fingerprint density at radius 2 is 2.00 bits per heavy atom. The van der Waals surface area contributed by atoms with E-state index in [4.69, 9.17) is 9.47 Å². The largest absolute Gasteiger partial charge is 0.493 e. The summed E-state index contributed by atoms with van der Waals surface area (Å²) in [5.74, 6) is 2.47. The van der Waals surface area contributed by atoms with E-state index in [-0.39, 0.29) is 5.56 Å². The maximum Gasteiger partial charge on any atom is 0.259 e. The van der Waals surface area contributed by atoms with Crippen molar-refractivity contribution in [3.63, 3.8) is 0 Å². The summed E-state index contributed by atoms with van der Waals surface area (Å²) in [4.78, 5) is 22.4. The summed E-state index contributed by atoms with van der Waals surface area (Å²) in [6.07, 6.45) is 2.01. The summed E-state index contributed by atoms with van der Waals surface area (Å²) in [5.41, 5.74) is 1.94. The quantitative estimate of drug-likeness (QED) is 0.581. The molecule has 28 heavy (non-hydrogen) atoms. The van der Waals surface area contributed by atoms with Crippen LogP contribution in [0.1, 0.15) is 36.5 Å². The average Bonchev–Trinajstić information content (AvgIpc) is 3.01. The van der Waals surface area contributed by atoms with E-state index in [0.29, 0.717) is 29.8 Å². The van der Waals surface area contributed by atoms with Gasteiger partial charge in [-0.15, -0.1) is 11.3 Å². The summed E-state index contributed by atoms with van der Waals surface area (Å²) in [6, 6.07) is 5.59. The van der Waals surface area contributed by atoms with E-state index in [1.165, 1.54) is 4.88 Å². The summed E-state index contributed by atoms with van der Waals surface area (Å²) in [6.45, 7) is 6.88. The Hall–Kier alpha value is -2.54. The minimum absolute atomic E-state index is 0.0586. The number of ether oxygens (including phenoxy) is 2. The summed E-state index contributed by atoms with van der Waals surface area (Å²) >= 11 is 1.60. The van der Waals surface area contributed by atoms with Gasteiger partial charge in [0.2, 0.25) is 0 Å². The van der Waals surface area contributed by atoms with Crippen LogP contribution in [-0.2, 0) is 13.0 Å². The first kappa shape index (κ1) is 20.2. The lowest BCUT2D eigenvalue weighted by atomic mass is 9.98. The number of H-pyrrole nitrogens is 1. The van der Waals surface area contributed by atoms with Crippen LogP contribution in [0, 0.1) is 12.8 Å². The predicted octanol–water partition coefficient (Wildman–Crippen LogP) is 4.51. The zero-order valence-corrected chi connectivity index (χ0v) is 17.8. The number of thiophene rings is 1. The minimum Gasteiger partial charge on any atom is -0.493 e. The highest BCUT2D eigenvalue weighted by Gasteiger charge is 2.16. The standard InChI is InChI=1S/C21H27N3O3S/c1-6-12(2)9-15-13(3)28-21-19(15)20(25)23-18(24-21)11-22-14-7-8-16(26-4)17(10-14)27-5/h7-8,10,12,22H,6,9,11H2,1-5H3,(H,23,24,25)/t12-/m0/s1. The third-order valence-corrected chi connectivity index (χ3v) is 6.05. The second kappa shape index (κ2) is 8.65. The van der Waals surface area contributed by atoms with Crippen LogP contribution < -0.4 is 20.3 Å². The maximum absolute atomic E-state index is 12.7. The number of hydrogen-bond acceptors (Lipinski definition) is 6. The molecule has 1 aromatic carbocycles. The number of fused-ring (bicyclic) bond motifs is 1. The number of nitrogens with one attached hydrogen (secondary N) is 2. The van der Waals surface area contributed by atoms with Crippen LogP contribution in [0.15, 0.2) is 23.0 Å². The van der Waals surface area contributed by atoms with Gasteiger partial charge in [0, 0.05) is 16.6 Å². The molecule has 7 heteroatoms. The lowest BCUT2D eigenvalue weighted by Gasteiger charge is -2.11. The van der Waals surface area contributed by atoms with E-state index in [0.717, 1.165) is 34.3 Å². The fraction of sp³-hybridized carbons (Fsp3) is 0.429. The molecule has 0 saturated carbocycles. The lowest BCUT2D eigenvalue weighted by molar-refractivity contribution is 0.355. The summed E-state index contributed by atoms with van der Waals surface area (Å²) in [5, 5.41) is 4.03. The number of aryl methyl sites for hydroxylation is 1. The van der Waals surface area contributed by atoms with Crippen molar-refractivity contribution in [1.82, 2.24) is 9.97 Å². The first-order chi connectivity index (χ1) is 13.5. The van der Waals surface area contributed by atoms with Crippen molar-refractivity contribution < 1.29 is 9.47 Å². The maximum atomic E-state index is 12.7. The number of nitrogens with zero attached hydrogens (tertiary/aromatic N) is 1. The first-order valence-electron chi connectivity index (χ1n) is 9.43. The molecule has 3 rings (SSSR count). The lowest BCUT2D eigenvalue weighted by Crippen LogP contribution is -2.15. The van der Waals surface area contributed by atoms with Crippen molar-refractivity contribution in [3.8, 4) is 11.5 Å². The van der Waals surface area contributed by atoms with E-state index in [2.05, 4.69) is 36.1 Å². The van der Waals surface area contributed by atoms with Crippen molar-refractivity contribution in [2.24, 2.45) is 5.92 Å². The highest BCUT2D eigenvalue weighted by Crippen LogP contribution is 2.31. The van der Waals surface area contributed by atoms with Crippen LogP contribution in [0.2, 0.25) is 0 Å². The molecule has 2 heterocycles. The van der Waals surface area contributed by atoms with Gasteiger partial charge < -0.3 is 19.8 Å². The summed E-state index contributed by atoms with van der Waals surface area (Å²) in [7, 11) is 3.21. The molecule has 0 fully saturated rings. The molecule has 0 spiro atoms. The summed E-state index contributed by atoms with van der Waals surface area (Å²) < 4.78 is 10.6. The van der Waals surface area contributed by atoms with E-state index >= 15 is 0 Å². The topological polar surface area (TPSA) is 76.2 Å². The second-order valence-corrected chi connectivity index (χ2v) is 8.17. The predicted molar refractivity (Wildman–Crippen MR) is 115 cm³/mol.